The third-order valence-corrected chi connectivity index (χ3v) is 8.14. The van der Waals surface area contributed by atoms with E-state index >= 15 is 0 Å². The van der Waals surface area contributed by atoms with Crippen LogP contribution in [-0.2, 0) is 218 Å². The molecule has 0 fully saturated rings. The van der Waals surface area contributed by atoms with E-state index in [2.05, 4.69) is 0 Å². The van der Waals surface area contributed by atoms with E-state index in [1.807, 2.05) is 0 Å². The molecule has 6 aromatic rings. The summed E-state index contributed by atoms with van der Waals surface area (Å²) < 4.78 is 0. The summed E-state index contributed by atoms with van der Waals surface area (Å²) in [4.78, 5) is 122. The maximum absolute atomic E-state index is 10.2. The molecule has 44 heteroatoms. The van der Waals surface area contributed by atoms with Gasteiger partial charge in [0, 0.05) is 21.7 Å². The van der Waals surface area contributed by atoms with Crippen LogP contribution in [0, 0.1) is 0 Å². The molecule has 6 rings (SSSR count). The quantitative estimate of drug-likeness (QED) is 0.103. The molecule has 0 radical (unpaired) electrons. The van der Waals surface area contributed by atoms with Gasteiger partial charge in [-0.15, -0.1) is 0 Å². The van der Waals surface area contributed by atoms with Gasteiger partial charge in [-0.3, -0.25) is 0 Å². The molecule has 0 heterocycles. The summed E-state index contributed by atoms with van der Waals surface area (Å²) in [5.41, 5.74) is -0.667. The first kappa shape index (κ1) is 143. The second-order valence-corrected chi connectivity index (χ2v) is 12.9. The molecule has 0 aliphatic heterocycles. The molecular formula is C48H28O36Ti8-4. The Kier molecular flexibility index (Phi) is 115. The maximum Gasteiger partial charge on any atom is 4.00 e. The van der Waals surface area contributed by atoms with Crippen molar-refractivity contribution >= 4 is 71.6 Å². The van der Waals surface area contributed by atoms with E-state index in [9.17, 15) is 119 Å². The van der Waals surface area contributed by atoms with Gasteiger partial charge in [-0.2, -0.15) is 0 Å². The summed E-state index contributed by atoms with van der Waals surface area (Å²) in [6.07, 6.45) is 0. The van der Waals surface area contributed by atoms with Crippen LogP contribution in [0.4, 0.5) is 0 Å². The first-order valence-electron chi connectivity index (χ1n) is 18.8. The van der Waals surface area contributed by atoms with Crippen LogP contribution in [0.2, 0.25) is 0 Å². The number of hydrogen-bond acceptors (Lipinski definition) is 28. The van der Waals surface area contributed by atoms with Crippen molar-refractivity contribution in [1.82, 2.24) is 0 Å². The van der Waals surface area contributed by atoms with Gasteiger partial charge in [-0.05, 0) is 66.8 Å². The molecule has 36 nitrogen and oxygen atoms in total. The molecule has 92 heavy (non-hydrogen) atoms. The summed E-state index contributed by atoms with van der Waals surface area (Å²) in [6, 6.07) is 27.7. The van der Waals surface area contributed by atoms with E-state index in [1.165, 1.54) is 0 Å². The molecule has 0 unspecified atom stereocenters. The molecule has 0 bridgehead atoms. The zero-order valence-electron chi connectivity index (χ0n) is 44.7. The summed E-state index contributed by atoms with van der Waals surface area (Å²) in [5, 5.41) is 122. The Balaban J connectivity index is -0.0000000360. The van der Waals surface area contributed by atoms with Crippen LogP contribution in [0.3, 0.4) is 0 Å². The van der Waals surface area contributed by atoms with Crippen molar-refractivity contribution < 1.29 is 358 Å². The summed E-state index contributed by atoms with van der Waals surface area (Å²) in [7, 11) is 0. The van der Waals surface area contributed by atoms with E-state index in [0.29, 0.717) is 0 Å². The van der Waals surface area contributed by atoms with Crippen molar-refractivity contribution in [2.45, 2.75) is 0 Å². The number of benzene rings is 6. The second kappa shape index (κ2) is 74.2. The third-order valence-electron chi connectivity index (χ3n) is 8.14. The maximum atomic E-state index is 10.2. The van der Waals surface area contributed by atoms with E-state index < -0.39 is 71.6 Å². The fourth-order valence-corrected chi connectivity index (χ4v) is 4.45. The number of carbonyl (C=O) groups excluding carboxylic acids is 12. The predicted molar refractivity (Wildman–Crippen MR) is 224 cm³/mol. The molecule has 472 valence electrons. The van der Waals surface area contributed by atoms with Crippen molar-refractivity contribution in [1.29, 1.82) is 0 Å². The van der Waals surface area contributed by atoms with Gasteiger partial charge in [0.1, 0.15) is 0 Å². The minimum atomic E-state index is -1.33. The number of aromatic carboxylic acids is 12. The zero-order chi connectivity index (χ0) is 54.8. The van der Waals surface area contributed by atoms with Crippen molar-refractivity contribution in [3.05, 3.63) is 212 Å². The molecule has 0 aromatic heterocycles. The fourth-order valence-electron chi connectivity index (χ4n) is 4.45. The van der Waals surface area contributed by atoms with Crippen LogP contribution in [0.25, 0.3) is 0 Å². The van der Waals surface area contributed by atoms with Gasteiger partial charge in [0.25, 0.3) is 0 Å². The standard InChI is InChI=1S/6C8H6O4.4H2O.8O.8Ti/c6*9-7(10)5-1-2-6(4-3-5)8(11)12;;;;;;;;;;;;;;;;;;;;/h6*1-4H,(H,9,10)(H,11,12);4*1H2;;;;;;;;;;;;;;;;/q;;;;;;;;;;8*-2;;7*+4/p-16. The van der Waals surface area contributed by atoms with E-state index in [0.717, 1.165) is 146 Å². The van der Waals surface area contributed by atoms with Gasteiger partial charge in [0.05, 0.1) is 71.6 Å². The first-order valence-corrected chi connectivity index (χ1v) is 18.8. The molecule has 0 aliphatic rings. The number of carboxylic acid groups (broad SMARTS) is 12. The van der Waals surface area contributed by atoms with Crippen LogP contribution >= 0.6 is 0 Å². The molecule has 0 aliphatic carbocycles. The molecule has 0 saturated heterocycles. The second-order valence-electron chi connectivity index (χ2n) is 12.9. The Morgan fingerprint density at radius 2 is 0.185 bits per heavy atom. The summed E-state index contributed by atoms with van der Waals surface area (Å²) in [6.45, 7) is 0. The van der Waals surface area contributed by atoms with Gasteiger partial charge < -0.3 is 185 Å². The molecule has 0 spiro atoms. The Morgan fingerprint density at radius 1 is 0.152 bits per heavy atom. The van der Waals surface area contributed by atoms with Gasteiger partial charge in [0.2, 0.25) is 0 Å². The third kappa shape index (κ3) is 55.8. The smallest absolute Gasteiger partial charge is 2.00 e. The molecular weight excluding hydrogens is 1540 g/mol. The van der Waals surface area contributed by atoms with Gasteiger partial charge in [-0.25, -0.2) is 0 Å². The van der Waals surface area contributed by atoms with Gasteiger partial charge >= 0.3 is 152 Å². The average molecular weight is 1560 g/mol. The minimum Gasteiger partial charge on any atom is -2.00 e. The van der Waals surface area contributed by atoms with Crippen LogP contribution in [-0.4, -0.2) is 93.5 Å². The number of rotatable bonds is 12. The monoisotopic (exact) mass is 1560 g/mol. The predicted octanol–water partition coefficient (Wildman–Crippen LogP) is -11.2. The first-order chi connectivity index (χ1) is 33.7. The molecule has 6 aromatic carbocycles. The van der Waals surface area contributed by atoms with Crippen LogP contribution in [0.5, 0.6) is 0 Å². The van der Waals surface area contributed by atoms with Crippen molar-refractivity contribution in [3.63, 3.8) is 0 Å². The number of hydrogen-bond donors (Lipinski definition) is 0. The Hall–Kier alpha value is -5.81. The van der Waals surface area contributed by atoms with E-state index in [1.54, 1.807) is 0 Å². The molecule has 4 N–H and O–H groups in total. The average Bonchev–Trinajstić information content (AvgIpc) is 3.35. The zero-order valence-corrected chi connectivity index (χ0v) is 57.2. The van der Waals surface area contributed by atoms with Gasteiger partial charge in [-0.1, -0.05) is 146 Å². The number of carboxylic acids is 12. The Bertz CT molecular complexity index is 2260. The molecule has 0 amide bonds. The Labute approximate surface area is 635 Å². The Morgan fingerprint density at radius 3 is 0.207 bits per heavy atom. The van der Waals surface area contributed by atoms with Crippen LogP contribution in [0.15, 0.2) is 146 Å². The van der Waals surface area contributed by atoms with Crippen molar-refractivity contribution in [2.75, 3.05) is 0 Å². The van der Waals surface area contributed by atoms with E-state index in [-0.39, 0.29) is 306 Å². The summed E-state index contributed by atoms with van der Waals surface area (Å²) >= 11 is 0. The van der Waals surface area contributed by atoms with Crippen LogP contribution in [0.1, 0.15) is 124 Å². The molecule has 0 atom stereocenters. The van der Waals surface area contributed by atoms with Crippen molar-refractivity contribution in [2.24, 2.45) is 0 Å². The number of carbonyl (C=O) groups is 12. The topological polar surface area (TPSA) is 830 Å². The SMILES string of the molecule is O=C([O-])c1ccc(C(=O)[O-])cc1.O=C([O-])c1ccc(C(=O)[O-])cc1.O=C([O-])c1ccc(C(=O)[O-])cc1.O=C([O-])c1ccc(C(=O)[O-])cc1.O=C([O-])c1ccc(C(=O)[O-])cc1.O=C([O-])c1ccc(C(=O)[O-])cc1.[O-2].[O-2].[O-2].[O-2].[O-2].[O-2].[O-2].[O-2].[OH-].[OH-].[OH-].[OH-].[Ti+4].[Ti+4].[Ti+4].[Ti+4].[Ti+4].[Ti+4].[Ti+4].[Ti]. The van der Waals surface area contributed by atoms with E-state index in [4.69, 9.17) is 0 Å². The van der Waals surface area contributed by atoms with Crippen molar-refractivity contribution in [3.8, 4) is 0 Å². The van der Waals surface area contributed by atoms with Gasteiger partial charge in [0.15, 0.2) is 0 Å². The van der Waals surface area contributed by atoms with Crippen LogP contribution < -0.4 is 61.3 Å². The molecule has 0 saturated carbocycles. The minimum absolute atomic E-state index is 0. The normalized spacial score (nSPS) is 7.30. The largest absolute Gasteiger partial charge is 4.00 e. The fraction of sp³-hybridized carbons (Fsp3) is 0. The summed E-state index contributed by atoms with van der Waals surface area (Å²) in [5.74, 6) is -16.0.